The number of benzene rings is 1. The van der Waals surface area contributed by atoms with E-state index >= 15 is 0 Å². The van der Waals surface area contributed by atoms with Crippen LogP contribution in [0.15, 0.2) is 54.9 Å². The van der Waals surface area contributed by atoms with Crippen molar-refractivity contribution in [2.45, 2.75) is 13.5 Å². The number of anilines is 1. The summed E-state index contributed by atoms with van der Waals surface area (Å²) in [4.78, 5) is 20.9. The lowest BCUT2D eigenvalue weighted by Gasteiger charge is -2.36. The number of piperazine rings is 1. The molecule has 0 unspecified atom stereocenters. The lowest BCUT2D eigenvalue weighted by Crippen LogP contribution is -2.46. The molecule has 1 aliphatic rings. The molecule has 1 saturated heterocycles. The van der Waals surface area contributed by atoms with E-state index in [4.69, 9.17) is 21.3 Å². The topological polar surface area (TPSA) is 62.0 Å². The summed E-state index contributed by atoms with van der Waals surface area (Å²) < 4.78 is 7.80. The molecule has 0 spiro atoms. The molecule has 1 fully saturated rings. The van der Waals surface area contributed by atoms with Gasteiger partial charge in [0.2, 0.25) is 0 Å². The summed E-state index contributed by atoms with van der Waals surface area (Å²) in [7, 11) is 4.10. The molecule has 9 heteroatoms. The Balaban J connectivity index is 1.23. The van der Waals surface area contributed by atoms with Crippen LogP contribution in [-0.2, 0) is 6.54 Å². The number of fused-ring (bicyclic) bond motifs is 1. The van der Waals surface area contributed by atoms with E-state index in [1.54, 1.807) is 6.20 Å². The molecule has 1 aliphatic heterocycles. The Morgan fingerprint density at radius 1 is 1.00 bits per heavy atom. The molecular formula is C27H32ClN7O. The minimum absolute atomic E-state index is 0.483. The van der Waals surface area contributed by atoms with E-state index in [2.05, 4.69) is 48.9 Å². The van der Waals surface area contributed by atoms with E-state index < -0.39 is 0 Å². The number of hydrogen-bond donors (Lipinski definition) is 0. The molecule has 0 radical (unpaired) electrons. The number of pyridine rings is 1. The highest BCUT2D eigenvalue weighted by Crippen LogP contribution is 2.29. The SMILES string of the molecule is Cc1c(Cl)nc(-c2cnc3ccccn23)nc1N1CCN(Cc2ccc(OCCN(C)C)cc2)CC1. The van der Waals surface area contributed by atoms with Crippen LogP contribution in [0.4, 0.5) is 5.82 Å². The number of ether oxygens (including phenoxy) is 1. The maximum Gasteiger partial charge on any atom is 0.181 e. The van der Waals surface area contributed by atoms with Crippen molar-refractivity contribution in [1.29, 1.82) is 0 Å². The van der Waals surface area contributed by atoms with Crippen LogP contribution >= 0.6 is 11.6 Å². The van der Waals surface area contributed by atoms with Crippen LogP contribution in [0.1, 0.15) is 11.1 Å². The third-order valence-corrected chi connectivity index (χ3v) is 6.88. The summed E-state index contributed by atoms with van der Waals surface area (Å²) >= 11 is 6.57. The molecule has 0 amide bonds. The molecule has 0 aliphatic carbocycles. The Morgan fingerprint density at radius 2 is 1.78 bits per heavy atom. The van der Waals surface area contributed by atoms with Crippen LogP contribution in [0, 0.1) is 6.92 Å². The van der Waals surface area contributed by atoms with Gasteiger partial charge in [-0.05, 0) is 50.8 Å². The van der Waals surface area contributed by atoms with Crippen molar-refractivity contribution in [3.8, 4) is 17.3 Å². The number of likely N-dealkylation sites (N-methyl/N-ethyl adjacent to an activating group) is 1. The first kappa shape index (κ1) is 24.5. The molecule has 4 heterocycles. The van der Waals surface area contributed by atoms with Crippen molar-refractivity contribution >= 4 is 23.1 Å². The third kappa shape index (κ3) is 5.46. The third-order valence-electron chi connectivity index (χ3n) is 6.52. The zero-order valence-corrected chi connectivity index (χ0v) is 21.8. The average molecular weight is 506 g/mol. The van der Waals surface area contributed by atoms with E-state index in [0.717, 1.165) is 67.7 Å². The van der Waals surface area contributed by atoms with Gasteiger partial charge in [-0.3, -0.25) is 9.30 Å². The number of halogens is 1. The van der Waals surface area contributed by atoms with Gasteiger partial charge in [-0.15, -0.1) is 0 Å². The monoisotopic (exact) mass is 505 g/mol. The average Bonchev–Trinajstić information content (AvgIpc) is 3.31. The summed E-state index contributed by atoms with van der Waals surface area (Å²) in [6.07, 6.45) is 3.77. The highest BCUT2D eigenvalue weighted by molar-refractivity contribution is 6.30. The van der Waals surface area contributed by atoms with Gasteiger partial charge < -0.3 is 14.5 Å². The molecule has 3 aromatic heterocycles. The van der Waals surface area contributed by atoms with Gasteiger partial charge in [0.15, 0.2) is 5.82 Å². The fourth-order valence-corrected chi connectivity index (χ4v) is 4.58. The van der Waals surface area contributed by atoms with Crippen LogP contribution in [0.25, 0.3) is 17.2 Å². The van der Waals surface area contributed by atoms with Crippen LogP contribution < -0.4 is 9.64 Å². The van der Waals surface area contributed by atoms with E-state index in [0.29, 0.717) is 17.6 Å². The Kier molecular flexibility index (Phi) is 7.36. The maximum absolute atomic E-state index is 6.57. The molecule has 1 aromatic carbocycles. The first-order valence-electron chi connectivity index (χ1n) is 12.3. The van der Waals surface area contributed by atoms with E-state index in [1.165, 1.54) is 5.56 Å². The fraction of sp³-hybridized carbons (Fsp3) is 0.370. The molecule has 4 aromatic rings. The smallest absolute Gasteiger partial charge is 0.181 e. The first-order valence-corrected chi connectivity index (χ1v) is 12.7. The first-order chi connectivity index (χ1) is 17.5. The zero-order chi connectivity index (χ0) is 25.1. The quantitative estimate of drug-likeness (QED) is 0.335. The van der Waals surface area contributed by atoms with E-state index in [-0.39, 0.29) is 0 Å². The minimum atomic E-state index is 0.483. The van der Waals surface area contributed by atoms with E-state index in [1.807, 2.05) is 49.8 Å². The molecule has 0 saturated carbocycles. The van der Waals surface area contributed by atoms with Gasteiger partial charge in [-0.1, -0.05) is 29.8 Å². The Labute approximate surface area is 217 Å². The summed E-state index contributed by atoms with van der Waals surface area (Å²) in [5, 5.41) is 0.483. The molecule has 5 rings (SSSR count). The van der Waals surface area contributed by atoms with Crippen molar-refractivity contribution in [1.82, 2.24) is 29.2 Å². The molecule has 0 bridgehead atoms. The number of nitrogens with zero attached hydrogens (tertiary/aromatic N) is 7. The van der Waals surface area contributed by atoms with Crippen LogP contribution in [0.5, 0.6) is 5.75 Å². The minimum Gasteiger partial charge on any atom is -0.492 e. The van der Waals surface area contributed by atoms with Crippen molar-refractivity contribution in [2.24, 2.45) is 0 Å². The number of aromatic nitrogens is 4. The van der Waals surface area contributed by atoms with E-state index in [9.17, 15) is 0 Å². The van der Waals surface area contributed by atoms with Gasteiger partial charge in [0.1, 0.15) is 34.7 Å². The molecule has 0 N–H and O–H groups in total. The van der Waals surface area contributed by atoms with Crippen LogP contribution in [-0.4, -0.2) is 82.6 Å². The second-order valence-electron chi connectivity index (χ2n) is 9.42. The molecule has 36 heavy (non-hydrogen) atoms. The summed E-state index contributed by atoms with van der Waals surface area (Å²) in [5.74, 6) is 2.41. The maximum atomic E-state index is 6.57. The van der Waals surface area contributed by atoms with Gasteiger partial charge in [-0.25, -0.2) is 15.0 Å². The fourth-order valence-electron chi connectivity index (χ4n) is 4.41. The van der Waals surface area contributed by atoms with Gasteiger partial charge in [-0.2, -0.15) is 0 Å². The Hall–Kier alpha value is -3.20. The van der Waals surface area contributed by atoms with Gasteiger partial charge in [0.05, 0.1) is 6.20 Å². The van der Waals surface area contributed by atoms with Crippen molar-refractivity contribution in [3.63, 3.8) is 0 Å². The van der Waals surface area contributed by atoms with Gasteiger partial charge >= 0.3 is 0 Å². The predicted molar refractivity (Wildman–Crippen MR) is 144 cm³/mol. The molecule has 0 atom stereocenters. The second-order valence-corrected chi connectivity index (χ2v) is 9.78. The number of hydrogen-bond acceptors (Lipinski definition) is 7. The Morgan fingerprint density at radius 3 is 2.53 bits per heavy atom. The molecule has 8 nitrogen and oxygen atoms in total. The summed E-state index contributed by atoms with van der Waals surface area (Å²) in [6, 6.07) is 14.4. The zero-order valence-electron chi connectivity index (χ0n) is 21.1. The lowest BCUT2D eigenvalue weighted by atomic mass is 10.2. The number of rotatable bonds is 8. The predicted octanol–water partition coefficient (Wildman–Crippen LogP) is 4.02. The largest absolute Gasteiger partial charge is 0.492 e. The summed E-state index contributed by atoms with van der Waals surface area (Å²) in [5.41, 5.74) is 3.89. The van der Waals surface area contributed by atoms with Crippen molar-refractivity contribution < 1.29 is 4.74 Å². The Bertz CT molecular complexity index is 1310. The lowest BCUT2D eigenvalue weighted by molar-refractivity contribution is 0.248. The van der Waals surface area contributed by atoms with Gasteiger partial charge in [0, 0.05) is 51.0 Å². The van der Waals surface area contributed by atoms with Crippen LogP contribution in [0.3, 0.4) is 0 Å². The highest BCUT2D eigenvalue weighted by atomic mass is 35.5. The van der Waals surface area contributed by atoms with Crippen molar-refractivity contribution in [3.05, 3.63) is 71.1 Å². The van der Waals surface area contributed by atoms with Gasteiger partial charge in [0.25, 0.3) is 0 Å². The number of imidazole rings is 1. The standard InChI is InChI=1S/C27H32ClN7O/c1-20-25(28)30-26(23-18-29-24-6-4-5-11-35(23)24)31-27(20)34-14-12-33(13-15-34)19-21-7-9-22(10-8-21)36-17-16-32(2)3/h4-11,18H,12-17,19H2,1-3H3. The normalized spacial score (nSPS) is 14.6. The molecular weight excluding hydrogens is 474 g/mol. The molecule has 188 valence electrons. The van der Waals surface area contributed by atoms with Crippen LogP contribution in [0.2, 0.25) is 5.15 Å². The summed E-state index contributed by atoms with van der Waals surface area (Å²) in [6.45, 7) is 8.18. The second kappa shape index (κ2) is 10.8. The highest BCUT2D eigenvalue weighted by Gasteiger charge is 2.23. The van der Waals surface area contributed by atoms with Crippen molar-refractivity contribution in [2.75, 3.05) is 58.3 Å².